The molecule has 0 radical (unpaired) electrons. The van der Waals surface area contributed by atoms with Gasteiger partial charge in [-0.05, 0) is 25.2 Å². The maximum atomic E-state index is 5.73. The van der Waals surface area contributed by atoms with Crippen molar-refractivity contribution in [3.8, 4) is 0 Å². The smallest absolute Gasteiger partial charge is 0.0605 e. The Hall–Kier alpha value is -0.0400. The fraction of sp³-hybridized carbons (Fsp3) is 1.00. The average Bonchev–Trinajstić information content (AvgIpc) is 2.17. The van der Waals surface area contributed by atoms with E-state index in [9.17, 15) is 0 Å². The summed E-state index contributed by atoms with van der Waals surface area (Å²) in [7, 11) is 0. The Morgan fingerprint density at radius 1 is 1.10 bits per heavy atom. The van der Waals surface area contributed by atoms with Crippen molar-refractivity contribution in [2.24, 2.45) is 11.8 Å². The molecule has 0 aromatic rings. The molecule has 1 rings (SSSR count). The molecule has 0 aliphatic carbocycles. The van der Waals surface area contributed by atoms with E-state index in [4.69, 9.17) is 4.74 Å². The second kappa shape index (κ2) is 2.91. The van der Waals surface area contributed by atoms with Crippen LogP contribution in [0, 0.1) is 11.8 Å². The number of hydrogen-bond acceptors (Lipinski definition) is 1. The number of hydrogen-bond donors (Lipinski definition) is 0. The Morgan fingerprint density at radius 2 is 1.70 bits per heavy atom. The fourth-order valence-corrected chi connectivity index (χ4v) is 1.76. The van der Waals surface area contributed by atoms with Crippen LogP contribution in [0.1, 0.15) is 34.1 Å². The van der Waals surface area contributed by atoms with Crippen molar-refractivity contribution in [3.05, 3.63) is 0 Å². The maximum absolute atomic E-state index is 5.73. The van der Waals surface area contributed by atoms with E-state index in [-0.39, 0.29) is 0 Å². The van der Waals surface area contributed by atoms with Gasteiger partial charge in [-0.2, -0.15) is 0 Å². The summed E-state index contributed by atoms with van der Waals surface area (Å²) >= 11 is 0. The molecule has 3 unspecified atom stereocenters. The van der Waals surface area contributed by atoms with Crippen molar-refractivity contribution in [1.29, 1.82) is 0 Å². The molecule has 0 saturated carbocycles. The summed E-state index contributed by atoms with van der Waals surface area (Å²) in [5, 5.41) is 0. The lowest BCUT2D eigenvalue weighted by atomic mass is 9.90. The molecule has 1 aliphatic heterocycles. The van der Waals surface area contributed by atoms with Gasteiger partial charge in [0.1, 0.15) is 0 Å². The van der Waals surface area contributed by atoms with Gasteiger partial charge in [-0.3, -0.25) is 0 Å². The standard InChI is InChI=1S/C9H18O/c1-5-9-7(3)6(2)8(4)10-9/h6-9H,5H2,1-4H3/t6?,7?,8-,9?/m0/s1. The summed E-state index contributed by atoms with van der Waals surface area (Å²) in [6.45, 7) is 8.95. The van der Waals surface area contributed by atoms with Crippen LogP contribution in [-0.2, 0) is 4.74 Å². The molecule has 10 heavy (non-hydrogen) atoms. The zero-order valence-electron chi connectivity index (χ0n) is 7.42. The van der Waals surface area contributed by atoms with Gasteiger partial charge < -0.3 is 4.74 Å². The van der Waals surface area contributed by atoms with Gasteiger partial charge >= 0.3 is 0 Å². The molecule has 1 saturated heterocycles. The van der Waals surface area contributed by atoms with Crippen LogP contribution in [0.15, 0.2) is 0 Å². The molecule has 60 valence electrons. The number of ether oxygens (including phenoxy) is 1. The lowest BCUT2D eigenvalue weighted by molar-refractivity contribution is 0.0393. The van der Waals surface area contributed by atoms with E-state index in [0.29, 0.717) is 12.2 Å². The van der Waals surface area contributed by atoms with E-state index in [0.717, 1.165) is 18.3 Å². The minimum absolute atomic E-state index is 0.472. The third kappa shape index (κ3) is 1.20. The first-order valence-electron chi connectivity index (χ1n) is 4.32. The van der Waals surface area contributed by atoms with E-state index in [1.807, 2.05) is 0 Å². The Bertz CT molecular complexity index is 111. The van der Waals surface area contributed by atoms with Crippen molar-refractivity contribution >= 4 is 0 Å². The van der Waals surface area contributed by atoms with E-state index in [1.54, 1.807) is 0 Å². The first-order valence-corrected chi connectivity index (χ1v) is 4.32. The van der Waals surface area contributed by atoms with Gasteiger partial charge in [0, 0.05) is 0 Å². The molecular formula is C9H18O. The Morgan fingerprint density at radius 3 is 1.90 bits per heavy atom. The predicted octanol–water partition coefficient (Wildman–Crippen LogP) is 2.46. The summed E-state index contributed by atoms with van der Waals surface area (Å²) in [5.74, 6) is 1.49. The van der Waals surface area contributed by atoms with Crippen LogP contribution < -0.4 is 0 Å². The molecule has 0 N–H and O–H groups in total. The van der Waals surface area contributed by atoms with E-state index in [2.05, 4.69) is 27.7 Å². The molecule has 0 spiro atoms. The maximum Gasteiger partial charge on any atom is 0.0605 e. The van der Waals surface area contributed by atoms with Gasteiger partial charge in [0.15, 0.2) is 0 Å². The molecule has 0 aromatic heterocycles. The SMILES string of the molecule is CCC1O[C@@H](C)C(C)C1C. The van der Waals surface area contributed by atoms with E-state index < -0.39 is 0 Å². The summed E-state index contributed by atoms with van der Waals surface area (Å²) in [6, 6.07) is 0. The molecular weight excluding hydrogens is 124 g/mol. The molecule has 0 bridgehead atoms. The monoisotopic (exact) mass is 142 g/mol. The van der Waals surface area contributed by atoms with Crippen LogP contribution in [0.5, 0.6) is 0 Å². The molecule has 0 amide bonds. The van der Waals surface area contributed by atoms with Gasteiger partial charge in [0.05, 0.1) is 12.2 Å². The van der Waals surface area contributed by atoms with Crippen molar-refractivity contribution in [3.63, 3.8) is 0 Å². The summed E-state index contributed by atoms with van der Waals surface area (Å²) in [6.07, 6.45) is 2.15. The molecule has 1 heteroatoms. The Labute approximate surface area is 63.8 Å². The average molecular weight is 142 g/mol. The van der Waals surface area contributed by atoms with Gasteiger partial charge in [0.25, 0.3) is 0 Å². The molecule has 1 aliphatic rings. The van der Waals surface area contributed by atoms with Gasteiger partial charge in [-0.25, -0.2) is 0 Å². The highest BCUT2D eigenvalue weighted by Gasteiger charge is 2.34. The summed E-state index contributed by atoms with van der Waals surface area (Å²) < 4.78 is 5.73. The fourth-order valence-electron chi connectivity index (χ4n) is 1.76. The van der Waals surface area contributed by atoms with Crippen molar-refractivity contribution in [1.82, 2.24) is 0 Å². The molecule has 1 nitrogen and oxygen atoms in total. The summed E-state index contributed by atoms with van der Waals surface area (Å²) in [4.78, 5) is 0. The zero-order valence-corrected chi connectivity index (χ0v) is 7.42. The lowest BCUT2D eigenvalue weighted by Gasteiger charge is -2.12. The van der Waals surface area contributed by atoms with E-state index in [1.165, 1.54) is 0 Å². The largest absolute Gasteiger partial charge is 0.375 e. The molecule has 0 aromatic carbocycles. The molecule has 4 atom stereocenters. The third-order valence-electron chi connectivity index (χ3n) is 2.95. The quantitative estimate of drug-likeness (QED) is 0.546. The van der Waals surface area contributed by atoms with Crippen molar-refractivity contribution in [2.45, 2.75) is 46.3 Å². The van der Waals surface area contributed by atoms with Crippen LogP contribution in [0.4, 0.5) is 0 Å². The van der Waals surface area contributed by atoms with Gasteiger partial charge in [0.2, 0.25) is 0 Å². The highest BCUT2D eigenvalue weighted by atomic mass is 16.5. The topological polar surface area (TPSA) is 9.23 Å². The van der Waals surface area contributed by atoms with Crippen molar-refractivity contribution in [2.75, 3.05) is 0 Å². The first-order chi connectivity index (χ1) is 4.66. The van der Waals surface area contributed by atoms with Crippen LogP contribution in [-0.4, -0.2) is 12.2 Å². The lowest BCUT2D eigenvalue weighted by Crippen LogP contribution is -2.14. The minimum Gasteiger partial charge on any atom is -0.375 e. The molecule has 1 heterocycles. The molecule has 1 fully saturated rings. The van der Waals surface area contributed by atoms with Crippen LogP contribution in [0.3, 0.4) is 0 Å². The Balaban J connectivity index is 2.53. The highest BCUT2D eigenvalue weighted by molar-refractivity contribution is 4.82. The van der Waals surface area contributed by atoms with Crippen LogP contribution in [0.2, 0.25) is 0 Å². The van der Waals surface area contributed by atoms with Crippen LogP contribution in [0.25, 0.3) is 0 Å². The number of rotatable bonds is 1. The predicted molar refractivity (Wildman–Crippen MR) is 43.0 cm³/mol. The highest BCUT2D eigenvalue weighted by Crippen LogP contribution is 2.32. The van der Waals surface area contributed by atoms with Gasteiger partial charge in [-0.15, -0.1) is 0 Å². The second-order valence-electron chi connectivity index (χ2n) is 3.51. The first kappa shape index (κ1) is 8.06. The van der Waals surface area contributed by atoms with Crippen molar-refractivity contribution < 1.29 is 4.74 Å². The Kier molecular flexibility index (Phi) is 2.35. The van der Waals surface area contributed by atoms with Crippen LogP contribution >= 0.6 is 0 Å². The van der Waals surface area contributed by atoms with E-state index >= 15 is 0 Å². The normalized spacial score (nSPS) is 48.0. The second-order valence-corrected chi connectivity index (χ2v) is 3.51. The van der Waals surface area contributed by atoms with Gasteiger partial charge in [-0.1, -0.05) is 20.8 Å². The summed E-state index contributed by atoms with van der Waals surface area (Å²) in [5.41, 5.74) is 0. The minimum atomic E-state index is 0.472. The zero-order chi connectivity index (χ0) is 7.72. The third-order valence-corrected chi connectivity index (χ3v) is 2.95.